The van der Waals surface area contributed by atoms with Crippen molar-refractivity contribution in [1.29, 1.82) is 0 Å². The molecule has 1 aromatic heterocycles. The van der Waals surface area contributed by atoms with Gasteiger partial charge in [-0.3, -0.25) is 14.3 Å². The maximum atomic E-state index is 12.5. The third kappa shape index (κ3) is 4.26. The molecule has 2 aromatic carbocycles. The summed E-state index contributed by atoms with van der Waals surface area (Å²) in [6.45, 7) is 8.52. The fourth-order valence-corrected chi connectivity index (χ4v) is 11.3. The summed E-state index contributed by atoms with van der Waals surface area (Å²) < 4.78 is 7.53. The molecule has 3 aromatic rings. The molecule has 1 aliphatic heterocycles. The zero-order valence-electron chi connectivity index (χ0n) is 20.2. The number of hydrogen-bond acceptors (Lipinski definition) is 4. The summed E-state index contributed by atoms with van der Waals surface area (Å²) in [6, 6.07) is 22.0. The molecule has 3 atom stereocenters. The summed E-state index contributed by atoms with van der Waals surface area (Å²) in [5.41, 5.74) is -0.493. The van der Waals surface area contributed by atoms with Gasteiger partial charge in [0.1, 0.15) is 26.7 Å². The number of aryl methyl sites for hydroxylation is 1. The van der Waals surface area contributed by atoms with Crippen molar-refractivity contribution in [3.05, 3.63) is 93.3 Å². The highest BCUT2D eigenvalue weighted by atomic mass is 28.3. The van der Waals surface area contributed by atoms with E-state index in [9.17, 15) is 14.4 Å². The van der Waals surface area contributed by atoms with Crippen LogP contribution in [0.5, 0.6) is 0 Å². The summed E-state index contributed by atoms with van der Waals surface area (Å²) in [4.78, 5) is 38.9. The SMILES string of the molecule is Cc1cn(C2CC(C[Si](c3ccccc3)(c3ccccc3)C(C)(C)C)C(C=O)O2)c(=O)[nH]c1=O. The summed E-state index contributed by atoms with van der Waals surface area (Å²) >= 11 is 0. The van der Waals surface area contributed by atoms with Crippen molar-refractivity contribution in [2.45, 2.75) is 57.5 Å². The van der Waals surface area contributed by atoms with Crippen molar-refractivity contribution < 1.29 is 9.53 Å². The molecule has 7 heteroatoms. The van der Waals surface area contributed by atoms with Crippen molar-refractivity contribution in [3.63, 3.8) is 0 Å². The van der Waals surface area contributed by atoms with Gasteiger partial charge >= 0.3 is 5.69 Å². The smallest absolute Gasteiger partial charge is 0.330 e. The lowest BCUT2D eigenvalue weighted by Gasteiger charge is -2.46. The maximum Gasteiger partial charge on any atom is 0.330 e. The van der Waals surface area contributed by atoms with E-state index in [1.165, 1.54) is 21.1 Å². The van der Waals surface area contributed by atoms with Crippen molar-refractivity contribution >= 4 is 24.7 Å². The molecule has 0 radical (unpaired) electrons. The minimum Gasteiger partial charge on any atom is -0.347 e. The third-order valence-corrected chi connectivity index (χ3v) is 13.6. The quantitative estimate of drug-likeness (QED) is 0.438. The highest BCUT2D eigenvalue weighted by Crippen LogP contribution is 2.45. The first-order valence-electron chi connectivity index (χ1n) is 11.7. The van der Waals surface area contributed by atoms with Gasteiger partial charge in [0.2, 0.25) is 0 Å². The first-order valence-corrected chi connectivity index (χ1v) is 13.9. The number of rotatable bonds is 6. The van der Waals surface area contributed by atoms with Crippen LogP contribution in [0.1, 0.15) is 39.0 Å². The third-order valence-electron chi connectivity index (χ3n) is 7.26. The summed E-state index contributed by atoms with van der Waals surface area (Å²) in [5, 5.41) is 2.59. The van der Waals surface area contributed by atoms with Crippen LogP contribution in [0.3, 0.4) is 0 Å². The fraction of sp³-hybridized carbons (Fsp3) is 0.370. The highest BCUT2D eigenvalue weighted by molar-refractivity contribution is 7.04. The maximum absolute atomic E-state index is 12.5. The molecule has 0 amide bonds. The lowest BCUT2D eigenvalue weighted by molar-refractivity contribution is -0.120. The number of aldehydes is 1. The van der Waals surface area contributed by atoms with Crippen molar-refractivity contribution in [2.75, 3.05) is 0 Å². The van der Waals surface area contributed by atoms with Crippen LogP contribution >= 0.6 is 0 Å². The van der Waals surface area contributed by atoms with E-state index in [0.29, 0.717) is 12.0 Å². The average molecular weight is 477 g/mol. The molecule has 178 valence electrons. The molecule has 0 bridgehead atoms. The van der Waals surface area contributed by atoms with E-state index in [1.54, 1.807) is 6.92 Å². The van der Waals surface area contributed by atoms with Gasteiger partial charge in [-0.15, -0.1) is 0 Å². The molecule has 1 fully saturated rings. The Bertz CT molecular complexity index is 1220. The Morgan fingerprint density at radius 3 is 2.09 bits per heavy atom. The molecular formula is C27H32N2O4Si. The number of H-pyrrole nitrogens is 1. The first kappa shape index (κ1) is 24.1. The van der Waals surface area contributed by atoms with Gasteiger partial charge in [0.15, 0.2) is 0 Å². The predicted octanol–water partition coefficient (Wildman–Crippen LogP) is 3.01. The van der Waals surface area contributed by atoms with E-state index in [4.69, 9.17) is 4.74 Å². The zero-order chi connectivity index (χ0) is 24.5. The molecular weight excluding hydrogens is 444 g/mol. The number of aromatic amines is 1. The summed E-state index contributed by atoms with van der Waals surface area (Å²) in [7, 11) is -2.42. The van der Waals surface area contributed by atoms with E-state index < -0.39 is 31.7 Å². The molecule has 2 heterocycles. The Labute approximate surface area is 200 Å². The van der Waals surface area contributed by atoms with E-state index in [2.05, 4.69) is 74.3 Å². The molecule has 0 aliphatic carbocycles. The van der Waals surface area contributed by atoms with E-state index in [-0.39, 0.29) is 11.0 Å². The van der Waals surface area contributed by atoms with Crippen LogP contribution in [0.25, 0.3) is 0 Å². The van der Waals surface area contributed by atoms with Crippen molar-refractivity contribution in [2.24, 2.45) is 5.92 Å². The Kier molecular flexibility index (Phi) is 6.60. The molecule has 0 saturated carbocycles. The molecule has 3 unspecified atom stereocenters. The fourth-order valence-electron chi connectivity index (χ4n) is 5.48. The highest BCUT2D eigenvalue weighted by Gasteiger charge is 2.51. The second kappa shape index (κ2) is 9.31. The standard InChI is InChI=1S/C27H32N2O4Si/c1-19-16-29(26(32)28-25(19)31)24-15-20(23(17-30)33-24)18-34(27(2,3)4,21-11-7-5-8-12-21)22-13-9-6-10-14-22/h5-14,16-17,20,23-24H,15,18H2,1-4H3,(H,28,31,32). The van der Waals surface area contributed by atoms with Gasteiger partial charge in [-0.05, 0) is 30.3 Å². The predicted molar refractivity (Wildman–Crippen MR) is 137 cm³/mol. The van der Waals surface area contributed by atoms with E-state index >= 15 is 0 Å². The second-order valence-electron chi connectivity index (χ2n) is 10.3. The number of carbonyl (C=O) groups is 1. The molecule has 1 saturated heterocycles. The van der Waals surface area contributed by atoms with Gasteiger partial charge in [-0.25, -0.2) is 4.79 Å². The lowest BCUT2D eigenvalue weighted by Crippen LogP contribution is -2.65. The van der Waals surface area contributed by atoms with Crippen LogP contribution in [0.4, 0.5) is 0 Å². The van der Waals surface area contributed by atoms with Crippen LogP contribution in [-0.2, 0) is 9.53 Å². The van der Waals surface area contributed by atoms with E-state index in [1.807, 2.05) is 12.1 Å². The molecule has 1 aliphatic rings. The average Bonchev–Trinajstić information content (AvgIpc) is 3.22. The Hall–Kier alpha value is -3.03. The van der Waals surface area contributed by atoms with Crippen LogP contribution in [0, 0.1) is 12.8 Å². The van der Waals surface area contributed by atoms with E-state index in [0.717, 1.165) is 12.3 Å². The number of benzene rings is 2. The van der Waals surface area contributed by atoms with Crippen molar-refractivity contribution in [1.82, 2.24) is 9.55 Å². The van der Waals surface area contributed by atoms with Gasteiger partial charge in [0.05, 0.1) is 0 Å². The molecule has 6 nitrogen and oxygen atoms in total. The number of carbonyl (C=O) groups excluding carboxylic acids is 1. The number of nitrogens with one attached hydrogen (secondary N) is 1. The molecule has 0 spiro atoms. The van der Waals surface area contributed by atoms with Gasteiger partial charge in [-0.2, -0.15) is 0 Å². The number of aromatic nitrogens is 2. The monoisotopic (exact) mass is 476 g/mol. The van der Waals surface area contributed by atoms with Crippen LogP contribution in [-0.4, -0.2) is 30.0 Å². The topological polar surface area (TPSA) is 81.2 Å². The Balaban J connectivity index is 1.80. The molecule has 1 N–H and O–H groups in total. The van der Waals surface area contributed by atoms with Crippen molar-refractivity contribution in [3.8, 4) is 0 Å². The Morgan fingerprint density at radius 2 is 1.59 bits per heavy atom. The van der Waals surface area contributed by atoms with Crippen LogP contribution < -0.4 is 21.6 Å². The molecule has 34 heavy (non-hydrogen) atoms. The Morgan fingerprint density at radius 1 is 1.03 bits per heavy atom. The van der Waals surface area contributed by atoms with Crippen LogP contribution in [0.2, 0.25) is 11.1 Å². The zero-order valence-corrected chi connectivity index (χ0v) is 21.2. The minimum absolute atomic E-state index is 0.0490. The largest absolute Gasteiger partial charge is 0.347 e. The number of hydrogen-bond donors (Lipinski definition) is 1. The number of ether oxygens (including phenoxy) is 1. The molecule has 4 rings (SSSR count). The normalized spacial score (nSPS) is 20.9. The first-order chi connectivity index (χ1) is 16.2. The van der Waals surface area contributed by atoms with Gasteiger partial charge < -0.3 is 9.53 Å². The number of nitrogens with zero attached hydrogens (tertiary/aromatic N) is 1. The second-order valence-corrected chi connectivity index (χ2v) is 15.1. The summed E-state index contributed by atoms with van der Waals surface area (Å²) in [6.07, 6.45) is 1.71. The van der Waals surface area contributed by atoms with Gasteiger partial charge in [-0.1, -0.05) is 91.8 Å². The lowest BCUT2D eigenvalue weighted by atomic mass is 10.0. The van der Waals surface area contributed by atoms with Gasteiger partial charge in [0, 0.05) is 11.8 Å². The van der Waals surface area contributed by atoms with Crippen LogP contribution in [0.15, 0.2) is 76.4 Å². The summed E-state index contributed by atoms with van der Waals surface area (Å²) in [5.74, 6) is -0.0621. The van der Waals surface area contributed by atoms with Gasteiger partial charge in [0.25, 0.3) is 5.56 Å². The minimum atomic E-state index is -2.42.